The fourth-order valence-electron chi connectivity index (χ4n) is 11.9. The summed E-state index contributed by atoms with van der Waals surface area (Å²) in [4.78, 5) is 7.56. The van der Waals surface area contributed by atoms with Gasteiger partial charge in [-0.25, -0.2) is 0 Å². The highest BCUT2D eigenvalue weighted by Crippen LogP contribution is 2.48. The second-order valence-electron chi connectivity index (χ2n) is 25.6. The third-order valence-corrected chi connectivity index (χ3v) is 16.1. The van der Waals surface area contributed by atoms with Crippen molar-refractivity contribution in [1.29, 1.82) is 0 Å². The third-order valence-electron chi connectivity index (χ3n) is 16.1. The summed E-state index contributed by atoms with van der Waals surface area (Å²) in [6, 6.07) is 71.2. The van der Waals surface area contributed by atoms with E-state index in [1.54, 1.807) is 0 Å². The minimum Gasteiger partial charge on any atom is -0.456 e. The van der Waals surface area contributed by atoms with Gasteiger partial charge in [-0.2, -0.15) is 0 Å². The molecule has 0 N–H and O–H groups in total. The number of hydrogen-bond acceptors (Lipinski definition) is 4. The van der Waals surface area contributed by atoms with E-state index in [2.05, 4.69) is 293 Å². The van der Waals surface area contributed by atoms with Crippen molar-refractivity contribution in [2.45, 2.75) is 112 Å². The number of nitrogens with zero attached hydrogens (tertiary/aromatic N) is 3. The summed E-state index contributed by atoms with van der Waals surface area (Å²) in [6.07, 6.45) is 0. The summed E-state index contributed by atoms with van der Waals surface area (Å²) in [5.41, 5.74) is 24.8. The molecule has 1 aromatic heterocycles. The van der Waals surface area contributed by atoms with Crippen LogP contribution in [0.2, 0.25) is 0 Å². The number of furan rings is 1. The fraction of sp³-hybridized carbons (Fsp3) is 0.239. The Morgan fingerprint density at radius 2 is 0.921 bits per heavy atom. The highest BCUT2D eigenvalue weighted by Gasteiger charge is 2.44. The van der Waals surface area contributed by atoms with Gasteiger partial charge in [0.2, 0.25) is 0 Å². The van der Waals surface area contributed by atoms with E-state index in [0.717, 1.165) is 67.2 Å². The lowest BCUT2D eigenvalue weighted by molar-refractivity contribution is 0.590. The van der Waals surface area contributed by atoms with Crippen LogP contribution in [-0.4, -0.2) is 6.71 Å². The van der Waals surface area contributed by atoms with Crippen molar-refractivity contribution in [2.24, 2.45) is 0 Å². The Hall–Kier alpha value is -7.76. The van der Waals surface area contributed by atoms with Gasteiger partial charge in [0.05, 0.1) is 0 Å². The van der Waals surface area contributed by atoms with Gasteiger partial charge in [0.25, 0.3) is 6.71 Å². The molecule has 0 atom stereocenters. The first kappa shape index (κ1) is 49.1. The maximum atomic E-state index is 6.47. The van der Waals surface area contributed by atoms with Crippen LogP contribution in [0.3, 0.4) is 0 Å². The van der Waals surface area contributed by atoms with E-state index in [9.17, 15) is 0 Å². The third kappa shape index (κ3) is 8.40. The van der Waals surface area contributed by atoms with Crippen molar-refractivity contribution >= 4 is 96.2 Å². The first-order valence-corrected chi connectivity index (χ1v) is 27.3. The van der Waals surface area contributed by atoms with Crippen molar-refractivity contribution in [2.75, 3.05) is 14.7 Å². The Labute approximate surface area is 451 Å². The highest BCUT2D eigenvalue weighted by molar-refractivity contribution is 7.00. The van der Waals surface area contributed by atoms with Crippen molar-refractivity contribution in [3.8, 4) is 11.1 Å². The smallest absolute Gasteiger partial charge is 0.252 e. The predicted octanol–water partition coefficient (Wildman–Crippen LogP) is 18.3. The van der Waals surface area contributed by atoms with E-state index in [0.29, 0.717) is 0 Å². The number of fused-ring (bicyclic) bond motifs is 7. The first-order valence-electron chi connectivity index (χ1n) is 27.3. The molecule has 0 unspecified atom stereocenters. The lowest BCUT2D eigenvalue weighted by Gasteiger charge is -2.45. The molecule has 0 bridgehead atoms. The van der Waals surface area contributed by atoms with Gasteiger partial charge in [-0.3, -0.25) is 0 Å². The second-order valence-corrected chi connectivity index (χ2v) is 25.6. The van der Waals surface area contributed by atoms with Crippen LogP contribution in [0.1, 0.15) is 111 Å². The molecule has 0 saturated carbocycles. The Bertz CT molecular complexity index is 3820. The molecule has 2 aliphatic heterocycles. The van der Waals surface area contributed by atoms with Crippen LogP contribution in [0, 0.1) is 6.92 Å². The number of aryl methyl sites for hydroxylation is 1. The van der Waals surface area contributed by atoms with Crippen LogP contribution < -0.4 is 31.1 Å². The van der Waals surface area contributed by atoms with E-state index in [-0.39, 0.29) is 28.4 Å². The minimum atomic E-state index is -0.0623. The van der Waals surface area contributed by atoms with Crippen LogP contribution in [-0.2, 0) is 21.7 Å². The van der Waals surface area contributed by atoms with E-state index < -0.39 is 0 Å². The van der Waals surface area contributed by atoms with Crippen LogP contribution in [0.5, 0.6) is 0 Å². The van der Waals surface area contributed by atoms with Crippen LogP contribution in [0.15, 0.2) is 192 Å². The lowest BCUT2D eigenvalue weighted by atomic mass is 9.33. The fourth-order valence-corrected chi connectivity index (χ4v) is 11.9. The largest absolute Gasteiger partial charge is 0.456 e. The van der Waals surface area contributed by atoms with Gasteiger partial charge >= 0.3 is 0 Å². The Morgan fingerprint density at radius 3 is 1.53 bits per heavy atom. The maximum Gasteiger partial charge on any atom is 0.252 e. The molecule has 76 heavy (non-hydrogen) atoms. The molecule has 9 aromatic carbocycles. The van der Waals surface area contributed by atoms with E-state index in [1.165, 1.54) is 61.3 Å². The number of rotatable bonds is 6. The van der Waals surface area contributed by atoms with Crippen molar-refractivity contribution < 1.29 is 4.42 Å². The average molecular weight is 992 g/mol. The minimum absolute atomic E-state index is 0.0216. The normalized spacial score (nSPS) is 13.5. The Kier molecular flexibility index (Phi) is 11.4. The zero-order valence-electron chi connectivity index (χ0n) is 46.7. The second kappa shape index (κ2) is 17.7. The van der Waals surface area contributed by atoms with Crippen molar-refractivity contribution in [1.82, 2.24) is 0 Å². The van der Waals surface area contributed by atoms with E-state index in [4.69, 9.17) is 4.42 Å². The van der Waals surface area contributed by atoms with Crippen molar-refractivity contribution in [3.05, 3.63) is 216 Å². The van der Waals surface area contributed by atoms with E-state index in [1.807, 2.05) is 0 Å². The molecule has 10 aromatic rings. The monoisotopic (exact) mass is 992 g/mol. The van der Waals surface area contributed by atoms with Crippen LogP contribution in [0.4, 0.5) is 51.2 Å². The topological polar surface area (TPSA) is 22.9 Å². The SMILES string of the molecule is Cc1cc2c3c(c1)N(c1cccc(-c4cccc5oc6ccccc6c45)c1)c1cc(N(c4ccc(C(C)(C)C)cc4)c4ccc(C(C)(C)C)cc4)ccc1B3c1cc(C(C)(C)C)ccc1N2c1ccc(C(C)(C)C)cc1. The lowest BCUT2D eigenvalue weighted by Crippen LogP contribution is -2.61. The van der Waals surface area contributed by atoms with Gasteiger partial charge in [-0.1, -0.05) is 180 Å². The van der Waals surface area contributed by atoms with Gasteiger partial charge < -0.3 is 19.1 Å². The molecule has 2 aliphatic rings. The molecule has 3 heterocycles. The molecule has 0 spiro atoms. The molecule has 0 amide bonds. The van der Waals surface area contributed by atoms with Gasteiger partial charge in [0.15, 0.2) is 0 Å². The molecule has 0 aliphatic carbocycles. The van der Waals surface area contributed by atoms with Gasteiger partial charge in [-0.05, 0) is 175 Å². The molecular formula is C71H70BN3O. The highest BCUT2D eigenvalue weighted by atomic mass is 16.3. The van der Waals surface area contributed by atoms with E-state index >= 15 is 0 Å². The summed E-state index contributed by atoms with van der Waals surface area (Å²) in [7, 11) is 0. The molecule has 0 radical (unpaired) electrons. The average Bonchev–Trinajstić information content (AvgIpc) is 3.85. The molecule has 378 valence electrons. The number of hydrogen-bond donors (Lipinski definition) is 0. The van der Waals surface area contributed by atoms with Gasteiger partial charge in [-0.15, -0.1) is 0 Å². The summed E-state index contributed by atoms with van der Waals surface area (Å²) < 4.78 is 6.47. The summed E-state index contributed by atoms with van der Waals surface area (Å²) >= 11 is 0. The van der Waals surface area contributed by atoms with Crippen LogP contribution in [0.25, 0.3) is 33.1 Å². The number of anilines is 9. The molecule has 12 rings (SSSR count). The van der Waals surface area contributed by atoms with Crippen LogP contribution >= 0.6 is 0 Å². The number of para-hydroxylation sites is 1. The molecule has 5 heteroatoms. The Morgan fingerprint density at radius 1 is 0.395 bits per heavy atom. The first-order chi connectivity index (χ1) is 36.1. The quantitative estimate of drug-likeness (QED) is 0.155. The molecular weight excluding hydrogens is 922 g/mol. The Balaban J connectivity index is 1.13. The molecule has 4 nitrogen and oxygen atoms in total. The summed E-state index contributed by atoms with van der Waals surface area (Å²) in [5, 5.41) is 2.26. The van der Waals surface area contributed by atoms with Gasteiger partial charge in [0.1, 0.15) is 11.2 Å². The standard InChI is InChI=1S/C71H70BN3O/c1-45-40-62-67-63(41-45)75(54-19-16-18-46(42-54)56-21-17-23-65-66(56)57-20-14-15-22-64(57)76-65)61-44-55(73(51-31-24-47(25-32-51)68(2,3)4)52-33-26-48(27-34-52)69(5,6)7)37-38-58(61)72(67)59-43-50(71(11,12)13)30-39-60(59)74(62)53-35-28-49(29-36-53)70(8,9)10/h14-44H,1-13H3. The molecule has 0 saturated heterocycles. The summed E-state index contributed by atoms with van der Waals surface area (Å²) in [5.74, 6) is 0. The summed E-state index contributed by atoms with van der Waals surface area (Å²) in [6.45, 7) is 29.8. The predicted molar refractivity (Wildman–Crippen MR) is 327 cm³/mol. The zero-order valence-corrected chi connectivity index (χ0v) is 46.7. The number of benzene rings is 9. The van der Waals surface area contributed by atoms with Crippen molar-refractivity contribution in [3.63, 3.8) is 0 Å². The maximum absolute atomic E-state index is 6.47. The zero-order chi connectivity index (χ0) is 53.2. The van der Waals surface area contributed by atoms with Gasteiger partial charge in [0, 0.05) is 62.0 Å². The molecule has 0 fully saturated rings.